The third kappa shape index (κ3) is 2.72. The summed E-state index contributed by atoms with van der Waals surface area (Å²) in [6, 6.07) is 4.37. The Morgan fingerprint density at radius 3 is 3.07 bits per heavy atom. The van der Waals surface area contributed by atoms with Crippen molar-refractivity contribution in [1.82, 2.24) is 5.32 Å². The maximum Gasteiger partial charge on any atom is 0.0931 e. The molecule has 84 valence electrons. The minimum absolute atomic E-state index is 0.315. The average Bonchev–Trinajstić information content (AvgIpc) is 2.85. The van der Waals surface area contributed by atoms with Crippen LogP contribution in [0.2, 0.25) is 4.34 Å². The van der Waals surface area contributed by atoms with E-state index in [2.05, 4.69) is 18.3 Å². The topological polar surface area (TPSA) is 21.3 Å². The van der Waals surface area contributed by atoms with Gasteiger partial charge in [-0.25, -0.2) is 0 Å². The Morgan fingerprint density at radius 2 is 2.53 bits per heavy atom. The van der Waals surface area contributed by atoms with Gasteiger partial charge in [-0.2, -0.15) is 0 Å². The average molecular weight is 246 g/mol. The van der Waals surface area contributed by atoms with E-state index in [1.54, 1.807) is 11.3 Å². The Morgan fingerprint density at radius 1 is 1.67 bits per heavy atom. The molecule has 0 spiro atoms. The molecule has 4 heteroatoms. The molecule has 1 N–H and O–H groups in total. The highest BCUT2D eigenvalue weighted by Gasteiger charge is 2.27. The van der Waals surface area contributed by atoms with Crippen LogP contribution in [-0.4, -0.2) is 19.3 Å². The fourth-order valence-corrected chi connectivity index (χ4v) is 3.19. The maximum atomic E-state index is 5.96. The number of thiophene rings is 1. The highest BCUT2D eigenvalue weighted by atomic mass is 35.5. The molecular formula is C11H16ClNOS. The first-order valence-corrected chi connectivity index (χ1v) is 6.61. The minimum Gasteiger partial charge on any atom is -0.376 e. The van der Waals surface area contributed by atoms with Gasteiger partial charge in [0.1, 0.15) is 0 Å². The number of hydrogen-bond acceptors (Lipinski definition) is 3. The molecule has 15 heavy (non-hydrogen) atoms. The molecule has 2 nitrogen and oxygen atoms in total. The molecule has 1 aromatic rings. The van der Waals surface area contributed by atoms with Gasteiger partial charge in [-0.15, -0.1) is 11.3 Å². The SMILES string of the molecule is CCNC(c1ccc(Cl)s1)C1CCCO1. The van der Waals surface area contributed by atoms with Gasteiger partial charge in [-0.05, 0) is 31.5 Å². The fourth-order valence-electron chi connectivity index (χ4n) is 2.00. The lowest BCUT2D eigenvalue weighted by molar-refractivity contribution is 0.0798. The zero-order valence-corrected chi connectivity index (χ0v) is 10.4. The number of halogens is 1. The molecule has 2 unspecified atom stereocenters. The second kappa shape index (κ2) is 5.30. The van der Waals surface area contributed by atoms with E-state index in [1.807, 2.05) is 6.07 Å². The van der Waals surface area contributed by atoms with Crippen molar-refractivity contribution in [2.45, 2.75) is 31.9 Å². The minimum atomic E-state index is 0.315. The van der Waals surface area contributed by atoms with Gasteiger partial charge in [0, 0.05) is 11.5 Å². The van der Waals surface area contributed by atoms with Crippen LogP contribution in [0.4, 0.5) is 0 Å². The first-order valence-electron chi connectivity index (χ1n) is 5.41. The molecule has 0 aromatic carbocycles. The van der Waals surface area contributed by atoms with Gasteiger partial charge in [0.15, 0.2) is 0 Å². The Labute approximate surface area is 99.6 Å². The van der Waals surface area contributed by atoms with Crippen LogP contribution < -0.4 is 5.32 Å². The van der Waals surface area contributed by atoms with Gasteiger partial charge in [-0.3, -0.25) is 0 Å². The predicted molar refractivity (Wildman–Crippen MR) is 64.7 cm³/mol. The van der Waals surface area contributed by atoms with Gasteiger partial charge in [0.05, 0.1) is 16.5 Å². The second-order valence-electron chi connectivity index (χ2n) is 3.73. The normalized spacial score (nSPS) is 23.2. The summed E-state index contributed by atoms with van der Waals surface area (Å²) in [6.45, 7) is 3.98. The highest BCUT2D eigenvalue weighted by Crippen LogP contribution is 2.33. The quantitative estimate of drug-likeness (QED) is 0.880. The number of rotatable bonds is 4. The molecule has 0 aliphatic carbocycles. The van der Waals surface area contributed by atoms with E-state index < -0.39 is 0 Å². The van der Waals surface area contributed by atoms with Crippen molar-refractivity contribution < 1.29 is 4.74 Å². The van der Waals surface area contributed by atoms with E-state index in [-0.39, 0.29) is 0 Å². The van der Waals surface area contributed by atoms with E-state index in [0.29, 0.717) is 12.1 Å². The number of nitrogens with one attached hydrogen (secondary N) is 1. The van der Waals surface area contributed by atoms with Gasteiger partial charge in [0.2, 0.25) is 0 Å². The van der Waals surface area contributed by atoms with Crippen LogP contribution in [-0.2, 0) is 4.74 Å². The monoisotopic (exact) mass is 245 g/mol. The Bertz CT molecular complexity index is 309. The first kappa shape index (κ1) is 11.4. The van der Waals surface area contributed by atoms with E-state index in [1.165, 1.54) is 11.3 Å². The van der Waals surface area contributed by atoms with Crippen LogP contribution >= 0.6 is 22.9 Å². The van der Waals surface area contributed by atoms with Crippen molar-refractivity contribution in [2.24, 2.45) is 0 Å². The summed E-state index contributed by atoms with van der Waals surface area (Å²) < 4.78 is 6.59. The molecule has 1 aliphatic rings. The highest BCUT2D eigenvalue weighted by molar-refractivity contribution is 7.16. The smallest absolute Gasteiger partial charge is 0.0931 e. The Hall–Kier alpha value is -0.0900. The number of hydrogen-bond donors (Lipinski definition) is 1. The third-order valence-corrected chi connectivity index (χ3v) is 3.98. The second-order valence-corrected chi connectivity index (χ2v) is 5.48. The fraction of sp³-hybridized carbons (Fsp3) is 0.636. The number of ether oxygens (including phenoxy) is 1. The van der Waals surface area contributed by atoms with E-state index in [4.69, 9.17) is 16.3 Å². The maximum absolute atomic E-state index is 5.96. The van der Waals surface area contributed by atoms with Gasteiger partial charge in [-0.1, -0.05) is 18.5 Å². The summed E-state index contributed by atoms with van der Waals surface area (Å²) in [5.41, 5.74) is 0. The molecule has 1 aliphatic heterocycles. The van der Waals surface area contributed by atoms with Crippen molar-refractivity contribution in [1.29, 1.82) is 0 Å². The van der Waals surface area contributed by atoms with Gasteiger partial charge < -0.3 is 10.1 Å². The Kier molecular flexibility index (Phi) is 4.03. The lowest BCUT2D eigenvalue weighted by atomic mass is 10.1. The predicted octanol–water partition coefficient (Wildman–Crippen LogP) is 3.23. The summed E-state index contributed by atoms with van der Waals surface area (Å²) in [5, 5.41) is 3.48. The van der Waals surface area contributed by atoms with Gasteiger partial charge in [0.25, 0.3) is 0 Å². The molecule has 2 heterocycles. The number of likely N-dealkylation sites (N-methyl/N-ethyl adjacent to an activating group) is 1. The molecule has 0 bridgehead atoms. The zero-order valence-electron chi connectivity index (χ0n) is 8.83. The van der Waals surface area contributed by atoms with Gasteiger partial charge >= 0.3 is 0 Å². The molecule has 1 fully saturated rings. The van der Waals surface area contributed by atoms with Crippen molar-refractivity contribution in [2.75, 3.05) is 13.2 Å². The van der Waals surface area contributed by atoms with Crippen LogP contribution in [0.15, 0.2) is 12.1 Å². The van der Waals surface area contributed by atoms with Crippen LogP contribution in [0.3, 0.4) is 0 Å². The summed E-state index contributed by atoms with van der Waals surface area (Å²) in [5.74, 6) is 0. The largest absolute Gasteiger partial charge is 0.376 e. The van der Waals surface area contributed by atoms with Crippen molar-refractivity contribution >= 4 is 22.9 Å². The van der Waals surface area contributed by atoms with Crippen LogP contribution in [0.1, 0.15) is 30.7 Å². The lowest BCUT2D eigenvalue weighted by Crippen LogP contribution is -2.30. The molecule has 0 amide bonds. The van der Waals surface area contributed by atoms with Crippen molar-refractivity contribution in [3.05, 3.63) is 21.3 Å². The van der Waals surface area contributed by atoms with Crippen LogP contribution in [0.25, 0.3) is 0 Å². The summed E-state index contributed by atoms with van der Waals surface area (Å²) in [6.07, 6.45) is 2.64. The molecule has 0 radical (unpaired) electrons. The summed E-state index contributed by atoms with van der Waals surface area (Å²) >= 11 is 7.61. The molecule has 2 rings (SSSR count). The molecule has 0 saturated carbocycles. The van der Waals surface area contributed by atoms with Crippen molar-refractivity contribution in [3.8, 4) is 0 Å². The van der Waals surface area contributed by atoms with Crippen LogP contribution in [0.5, 0.6) is 0 Å². The standard InChI is InChI=1S/C11H16ClNOS/c1-2-13-11(8-4-3-7-14-8)9-5-6-10(12)15-9/h5-6,8,11,13H,2-4,7H2,1H3. The van der Waals surface area contributed by atoms with Crippen LogP contribution in [0, 0.1) is 0 Å². The third-order valence-electron chi connectivity index (χ3n) is 2.66. The van der Waals surface area contributed by atoms with E-state index >= 15 is 0 Å². The molecule has 1 saturated heterocycles. The van der Waals surface area contributed by atoms with Crippen molar-refractivity contribution in [3.63, 3.8) is 0 Å². The van der Waals surface area contributed by atoms with E-state index in [0.717, 1.165) is 23.9 Å². The molecule has 1 aromatic heterocycles. The van der Waals surface area contributed by atoms with E-state index in [9.17, 15) is 0 Å². The summed E-state index contributed by atoms with van der Waals surface area (Å²) in [4.78, 5) is 1.29. The zero-order chi connectivity index (χ0) is 10.7. The Balaban J connectivity index is 2.11. The first-order chi connectivity index (χ1) is 7.31. The summed E-state index contributed by atoms with van der Waals surface area (Å²) in [7, 11) is 0. The molecule has 2 atom stereocenters. The molecular weight excluding hydrogens is 230 g/mol. The lowest BCUT2D eigenvalue weighted by Gasteiger charge is -2.22.